The molecule has 0 bridgehead atoms. The van der Waals surface area contributed by atoms with Gasteiger partial charge in [-0.25, -0.2) is 19.6 Å². The third kappa shape index (κ3) is 3.97. The normalized spacial score (nSPS) is 18.5. The molecule has 0 saturated carbocycles. The number of rotatable bonds is 2. The zero-order valence-corrected chi connectivity index (χ0v) is 14.2. The highest BCUT2D eigenvalue weighted by Crippen LogP contribution is 2.33. The Morgan fingerprint density at radius 3 is 2.73 bits per heavy atom. The Kier molecular flexibility index (Phi) is 4.75. The summed E-state index contributed by atoms with van der Waals surface area (Å²) in [5, 5.41) is 1.15. The second kappa shape index (κ2) is 6.24. The molecule has 0 aromatic heterocycles. The summed E-state index contributed by atoms with van der Waals surface area (Å²) in [6, 6.07) is 4.11. The van der Waals surface area contributed by atoms with Crippen molar-refractivity contribution >= 4 is 27.9 Å². The van der Waals surface area contributed by atoms with Gasteiger partial charge in [0.05, 0.1) is 6.04 Å². The Hall–Kier alpha value is -1.63. The first-order valence-corrected chi connectivity index (χ1v) is 7.73. The average molecular weight is 373 g/mol. The van der Waals surface area contributed by atoms with Crippen LogP contribution in [0.4, 0.5) is 9.18 Å². The highest BCUT2D eigenvalue weighted by Gasteiger charge is 2.36. The summed E-state index contributed by atoms with van der Waals surface area (Å²) in [4.78, 5) is 23.8. The number of benzene rings is 1. The largest absolute Gasteiger partial charge is 0.443 e. The molecule has 120 valence electrons. The maximum Gasteiger partial charge on any atom is 0.426 e. The van der Waals surface area contributed by atoms with Crippen molar-refractivity contribution in [1.29, 1.82) is 0 Å². The minimum absolute atomic E-state index is 0.246. The molecule has 1 atom stereocenters. The summed E-state index contributed by atoms with van der Waals surface area (Å²) in [6.07, 6.45) is -0.0475. The van der Waals surface area contributed by atoms with Gasteiger partial charge >= 0.3 is 6.09 Å². The molecule has 22 heavy (non-hydrogen) atoms. The van der Waals surface area contributed by atoms with Crippen molar-refractivity contribution in [3.8, 4) is 0 Å². The van der Waals surface area contributed by atoms with Gasteiger partial charge in [0.25, 0.3) is 0 Å². The Morgan fingerprint density at radius 1 is 1.45 bits per heavy atom. The van der Waals surface area contributed by atoms with Gasteiger partial charge in [0.2, 0.25) is 5.91 Å². The first kappa shape index (κ1) is 16.7. The second-order valence-corrected chi connectivity index (χ2v) is 7.01. The van der Waals surface area contributed by atoms with Crippen molar-refractivity contribution < 1.29 is 18.7 Å². The molecule has 1 aliphatic heterocycles. The number of ether oxygens (including phenoxy) is 1. The Balaban J connectivity index is 2.17. The van der Waals surface area contributed by atoms with E-state index < -0.39 is 23.6 Å². The smallest absolute Gasteiger partial charge is 0.426 e. The fourth-order valence-electron chi connectivity index (χ4n) is 2.29. The highest BCUT2D eigenvalue weighted by atomic mass is 79.9. The number of hydrogen-bond acceptors (Lipinski definition) is 3. The average Bonchev–Trinajstić information content (AvgIpc) is 2.69. The molecule has 1 aliphatic rings. The van der Waals surface area contributed by atoms with E-state index in [2.05, 4.69) is 21.4 Å². The maximum atomic E-state index is 14.1. The van der Waals surface area contributed by atoms with E-state index in [1.165, 1.54) is 6.07 Å². The summed E-state index contributed by atoms with van der Waals surface area (Å²) in [6.45, 7) is 5.18. The molecule has 0 unspecified atom stereocenters. The SMILES string of the molecule is CC(C)(C)OC(=O)NN1C(=O)CC[C@H]1c1ccc(Br)cc1F. The van der Waals surface area contributed by atoms with E-state index in [1.807, 2.05) is 0 Å². The minimum Gasteiger partial charge on any atom is -0.443 e. The van der Waals surface area contributed by atoms with Crippen molar-refractivity contribution in [1.82, 2.24) is 10.4 Å². The number of amides is 2. The molecule has 1 fully saturated rings. The van der Waals surface area contributed by atoms with Gasteiger partial charge in [-0.3, -0.25) is 4.79 Å². The van der Waals surface area contributed by atoms with Crippen LogP contribution in [0.1, 0.15) is 45.2 Å². The molecule has 0 aliphatic carbocycles. The van der Waals surface area contributed by atoms with Crippen molar-refractivity contribution in [3.05, 3.63) is 34.1 Å². The predicted molar refractivity (Wildman–Crippen MR) is 82.3 cm³/mol. The third-order valence-electron chi connectivity index (χ3n) is 3.14. The molecule has 0 spiro atoms. The summed E-state index contributed by atoms with van der Waals surface area (Å²) in [7, 11) is 0. The van der Waals surface area contributed by atoms with Gasteiger partial charge in [0.1, 0.15) is 11.4 Å². The number of carbonyl (C=O) groups is 2. The molecule has 5 nitrogen and oxygen atoms in total. The van der Waals surface area contributed by atoms with Gasteiger partial charge < -0.3 is 4.74 Å². The number of hydrogen-bond donors (Lipinski definition) is 1. The van der Waals surface area contributed by atoms with Crippen LogP contribution >= 0.6 is 15.9 Å². The van der Waals surface area contributed by atoms with Crippen LogP contribution in [0.3, 0.4) is 0 Å². The topological polar surface area (TPSA) is 58.6 Å². The second-order valence-electron chi connectivity index (χ2n) is 6.10. The molecular formula is C15H18BrFN2O3. The Bertz CT molecular complexity index is 601. The van der Waals surface area contributed by atoms with Gasteiger partial charge in [-0.2, -0.15) is 0 Å². The first-order valence-electron chi connectivity index (χ1n) is 6.94. The van der Waals surface area contributed by atoms with Crippen LogP contribution < -0.4 is 5.43 Å². The van der Waals surface area contributed by atoms with E-state index in [9.17, 15) is 14.0 Å². The van der Waals surface area contributed by atoms with Crippen LogP contribution in [0.25, 0.3) is 0 Å². The Morgan fingerprint density at radius 2 is 2.14 bits per heavy atom. The first-order chi connectivity index (χ1) is 10.2. The summed E-state index contributed by atoms with van der Waals surface area (Å²) < 4.78 is 19.9. The van der Waals surface area contributed by atoms with Crippen LogP contribution in [0, 0.1) is 5.82 Å². The molecule has 1 N–H and O–H groups in total. The zero-order chi connectivity index (χ0) is 16.5. The van der Waals surface area contributed by atoms with Gasteiger partial charge in [0.15, 0.2) is 0 Å². The van der Waals surface area contributed by atoms with Gasteiger partial charge in [-0.1, -0.05) is 22.0 Å². The van der Waals surface area contributed by atoms with Crippen LogP contribution in [-0.2, 0) is 9.53 Å². The molecule has 2 rings (SSSR count). The number of carbonyl (C=O) groups excluding carboxylic acids is 2. The van der Waals surface area contributed by atoms with Crippen LogP contribution in [0.5, 0.6) is 0 Å². The molecule has 0 radical (unpaired) electrons. The molecule has 7 heteroatoms. The number of hydrazine groups is 1. The van der Waals surface area contributed by atoms with Crippen molar-refractivity contribution in [2.24, 2.45) is 0 Å². The predicted octanol–water partition coefficient (Wildman–Crippen LogP) is 3.69. The quantitative estimate of drug-likeness (QED) is 0.860. The summed E-state index contributed by atoms with van der Waals surface area (Å²) in [5.41, 5.74) is 2.11. The summed E-state index contributed by atoms with van der Waals surface area (Å²) >= 11 is 3.19. The number of halogens is 2. The molecule has 1 aromatic rings. The van der Waals surface area contributed by atoms with Crippen molar-refractivity contribution in [2.45, 2.75) is 45.3 Å². The van der Waals surface area contributed by atoms with Gasteiger partial charge in [-0.05, 0) is 39.3 Å². The van der Waals surface area contributed by atoms with E-state index in [-0.39, 0.29) is 12.3 Å². The molecule has 1 saturated heterocycles. The van der Waals surface area contributed by atoms with Crippen molar-refractivity contribution in [3.63, 3.8) is 0 Å². The maximum absolute atomic E-state index is 14.1. The molecular weight excluding hydrogens is 355 g/mol. The highest BCUT2D eigenvalue weighted by molar-refractivity contribution is 9.10. The standard InChI is InChI=1S/C15H18BrFN2O3/c1-15(2,3)22-14(21)18-19-12(6-7-13(19)20)10-5-4-9(16)8-11(10)17/h4-5,8,12H,6-7H2,1-3H3,(H,18,21)/t12-/m0/s1. The fourth-order valence-corrected chi connectivity index (χ4v) is 2.62. The van der Waals surface area contributed by atoms with E-state index in [4.69, 9.17) is 4.74 Å². The number of nitrogens with zero attached hydrogens (tertiary/aromatic N) is 1. The van der Waals surface area contributed by atoms with Crippen LogP contribution in [0.15, 0.2) is 22.7 Å². The lowest BCUT2D eigenvalue weighted by molar-refractivity contribution is -0.132. The van der Waals surface area contributed by atoms with E-state index >= 15 is 0 Å². The minimum atomic E-state index is -0.731. The third-order valence-corrected chi connectivity index (χ3v) is 3.64. The fraction of sp³-hybridized carbons (Fsp3) is 0.467. The Labute approximate surface area is 136 Å². The zero-order valence-electron chi connectivity index (χ0n) is 12.7. The van der Waals surface area contributed by atoms with E-state index in [0.29, 0.717) is 16.5 Å². The lowest BCUT2D eigenvalue weighted by atomic mass is 10.0. The van der Waals surface area contributed by atoms with Crippen LogP contribution in [0.2, 0.25) is 0 Å². The molecule has 1 heterocycles. The van der Waals surface area contributed by atoms with E-state index in [0.717, 1.165) is 5.01 Å². The molecule has 2 amide bonds. The van der Waals surface area contributed by atoms with Gasteiger partial charge in [0, 0.05) is 16.5 Å². The van der Waals surface area contributed by atoms with Crippen LogP contribution in [-0.4, -0.2) is 22.6 Å². The lowest BCUT2D eigenvalue weighted by Crippen LogP contribution is -2.46. The number of nitrogens with one attached hydrogen (secondary N) is 1. The summed E-state index contributed by atoms with van der Waals surface area (Å²) in [5.74, 6) is -0.691. The lowest BCUT2D eigenvalue weighted by Gasteiger charge is -2.27. The molecule has 1 aromatic carbocycles. The van der Waals surface area contributed by atoms with E-state index in [1.54, 1.807) is 32.9 Å². The van der Waals surface area contributed by atoms with Gasteiger partial charge in [-0.15, -0.1) is 0 Å². The van der Waals surface area contributed by atoms with Crippen molar-refractivity contribution in [2.75, 3.05) is 0 Å². The monoisotopic (exact) mass is 372 g/mol.